The molecular formula is C9H18FN. The van der Waals surface area contributed by atoms with E-state index in [4.69, 9.17) is 0 Å². The summed E-state index contributed by atoms with van der Waals surface area (Å²) in [5.74, 6) is 0. The number of rotatable bonds is 4. The van der Waals surface area contributed by atoms with Crippen LogP contribution in [0.15, 0.2) is 0 Å². The zero-order chi connectivity index (χ0) is 7.94. The summed E-state index contributed by atoms with van der Waals surface area (Å²) in [6, 6.07) is 0. The predicted molar refractivity (Wildman–Crippen MR) is 45.5 cm³/mol. The van der Waals surface area contributed by atoms with Gasteiger partial charge in [-0.05, 0) is 45.3 Å². The van der Waals surface area contributed by atoms with E-state index < -0.39 is 0 Å². The van der Waals surface area contributed by atoms with Crippen LogP contribution in [0, 0.1) is 0 Å². The Labute approximate surface area is 68.6 Å². The fourth-order valence-electron chi connectivity index (χ4n) is 1.61. The first-order chi connectivity index (χ1) is 5.43. The second-order valence-electron chi connectivity index (χ2n) is 3.30. The Morgan fingerprint density at radius 2 is 1.73 bits per heavy atom. The molecule has 0 radical (unpaired) electrons. The van der Waals surface area contributed by atoms with Gasteiger partial charge in [-0.25, -0.2) is 0 Å². The molecule has 0 aromatic rings. The van der Waals surface area contributed by atoms with Gasteiger partial charge in [0.05, 0.1) is 6.67 Å². The summed E-state index contributed by atoms with van der Waals surface area (Å²) >= 11 is 0. The second kappa shape index (κ2) is 5.53. The van der Waals surface area contributed by atoms with Gasteiger partial charge >= 0.3 is 0 Å². The van der Waals surface area contributed by atoms with Crippen molar-refractivity contribution >= 4 is 0 Å². The molecule has 66 valence electrons. The van der Waals surface area contributed by atoms with Crippen molar-refractivity contribution in [3.63, 3.8) is 0 Å². The summed E-state index contributed by atoms with van der Waals surface area (Å²) in [7, 11) is 0. The van der Waals surface area contributed by atoms with E-state index in [0.29, 0.717) is 0 Å². The fourth-order valence-corrected chi connectivity index (χ4v) is 1.61. The monoisotopic (exact) mass is 159 g/mol. The molecule has 1 heterocycles. The molecule has 1 rings (SSSR count). The summed E-state index contributed by atoms with van der Waals surface area (Å²) in [5, 5.41) is 0. The minimum absolute atomic E-state index is 0.145. The van der Waals surface area contributed by atoms with Crippen molar-refractivity contribution in [3.05, 3.63) is 0 Å². The number of likely N-dealkylation sites (tertiary alicyclic amines) is 1. The molecule has 0 unspecified atom stereocenters. The molecule has 1 nitrogen and oxygen atoms in total. The van der Waals surface area contributed by atoms with Crippen molar-refractivity contribution < 1.29 is 4.39 Å². The van der Waals surface area contributed by atoms with E-state index in [2.05, 4.69) is 4.90 Å². The molecule has 1 aliphatic rings. The predicted octanol–water partition coefficient (Wildman–Crippen LogP) is 2.22. The van der Waals surface area contributed by atoms with Crippen LogP contribution in [0.3, 0.4) is 0 Å². The highest BCUT2D eigenvalue weighted by atomic mass is 19.1. The third kappa shape index (κ3) is 3.71. The molecule has 0 spiro atoms. The van der Waals surface area contributed by atoms with Crippen LogP contribution >= 0.6 is 0 Å². The molecule has 0 aromatic carbocycles. The SMILES string of the molecule is FCCCCN1CCCCC1. The number of nitrogens with zero attached hydrogens (tertiary/aromatic N) is 1. The van der Waals surface area contributed by atoms with Gasteiger partial charge in [0, 0.05) is 0 Å². The van der Waals surface area contributed by atoms with E-state index in [0.717, 1.165) is 19.4 Å². The molecule has 1 fully saturated rings. The molecule has 1 aliphatic heterocycles. The minimum Gasteiger partial charge on any atom is -0.303 e. The first-order valence-corrected chi connectivity index (χ1v) is 4.72. The number of alkyl halides is 1. The maximum atomic E-state index is 11.7. The van der Waals surface area contributed by atoms with E-state index in [1.807, 2.05) is 0 Å². The minimum atomic E-state index is -0.145. The summed E-state index contributed by atoms with van der Waals surface area (Å²) < 4.78 is 11.7. The summed E-state index contributed by atoms with van der Waals surface area (Å²) in [4.78, 5) is 2.46. The molecular weight excluding hydrogens is 141 g/mol. The van der Waals surface area contributed by atoms with Crippen LogP contribution in [0.2, 0.25) is 0 Å². The largest absolute Gasteiger partial charge is 0.303 e. The van der Waals surface area contributed by atoms with Crippen LogP contribution in [-0.4, -0.2) is 31.2 Å². The van der Waals surface area contributed by atoms with Gasteiger partial charge in [-0.1, -0.05) is 6.42 Å². The molecule has 0 saturated carbocycles. The van der Waals surface area contributed by atoms with E-state index in [-0.39, 0.29) is 6.67 Å². The van der Waals surface area contributed by atoms with Gasteiger partial charge < -0.3 is 4.90 Å². The number of piperidine rings is 1. The lowest BCUT2D eigenvalue weighted by Gasteiger charge is -2.25. The van der Waals surface area contributed by atoms with E-state index in [9.17, 15) is 4.39 Å². The molecule has 0 amide bonds. The van der Waals surface area contributed by atoms with Gasteiger partial charge in [0.2, 0.25) is 0 Å². The Hall–Kier alpha value is -0.110. The number of hydrogen-bond donors (Lipinski definition) is 0. The normalized spacial score (nSPS) is 20.5. The highest BCUT2D eigenvalue weighted by Gasteiger charge is 2.08. The van der Waals surface area contributed by atoms with Gasteiger partial charge in [-0.2, -0.15) is 0 Å². The van der Waals surface area contributed by atoms with Crippen LogP contribution < -0.4 is 0 Å². The number of hydrogen-bond acceptors (Lipinski definition) is 1. The fraction of sp³-hybridized carbons (Fsp3) is 1.00. The maximum Gasteiger partial charge on any atom is 0.0894 e. The van der Waals surface area contributed by atoms with Crippen molar-refractivity contribution in [1.29, 1.82) is 0 Å². The average molecular weight is 159 g/mol. The summed E-state index contributed by atoms with van der Waals surface area (Å²) in [6.07, 6.45) is 5.86. The van der Waals surface area contributed by atoms with Crippen molar-refractivity contribution in [2.75, 3.05) is 26.3 Å². The highest BCUT2D eigenvalue weighted by molar-refractivity contribution is 4.63. The molecule has 0 aromatic heterocycles. The number of halogens is 1. The topological polar surface area (TPSA) is 3.24 Å². The van der Waals surface area contributed by atoms with Crippen LogP contribution in [0.5, 0.6) is 0 Å². The maximum absolute atomic E-state index is 11.7. The first-order valence-electron chi connectivity index (χ1n) is 4.72. The van der Waals surface area contributed by atoms with Crippen molar-refractivity contribution in [1.82, 2.24) is 4.90 Å². The average Bonchev–Trinajstić information content (AvgIpc) is 2.07. The van der Waals surface area contributed by atoms with Gasteiger partial charge in [0.15, 0.2) is 0 Å². The van der Waals surface area contributed by atoms with Crippen molar-refractivity contribution in [3.8, 4) is 0 Å². The van der Waals surface area contributed by atoms with E-state index in [1.54, 1.807) is 0 Å². The molecule has 0 aliphatic carbocycles. The van der Waals surface area contributed by atoms with E-state index >= 15 is 0 Å². The van der Waals surface area contributed by atoms with Crippen LogP contribution in [0.25, 0.3) is 0 Å². The van der Waals surface area contributed by atoms with Gasteiger partial charge in [0.25, 0.3) is 0 Å². The Kier molecular flexibility index (Phi) is 4.51. The lowest BCUT2D eigenvalue weighted by Crippen LogP contribution is -2.30. The van der Waals surface area contributed by atoms with Crippen molar-refractivity contribution in [2.45, 2.75) is 32.1 Å². The zero-order valence-corrected chi connectivity index (χ0v) is 7.19. The smallest absolute Gasteiger partial charge is 0.0894 e. The lowest BCUT2D eigenvalue weighted by atomic mass is 10.1. The highest BCUT2D eigenvalue weighted by Crippen LogP contribution is 2.09. The Bertz CT molecular complexity index is 89.6. The number of unbranched alkanes of at least 4 members (excludes halogenated alkanes) is 1. The lowest BCUT2D eigenvalue weighted by molar-refractivity contribution is 0.222. The second-order valence-corrected chi connectivity index (χ2v) is 3.30. The van der Waals surface area contributed by atoms with Gasteiger partial charge in [0.1, 0.15) is 0 Å². The summed E-state index contributed by atoms with van der Waals surface area (Å²) in [5.41, 5.74) is 0. The molecule has 2 heteroatoms. The summed E-state index contributed by atoms with van der Waals surface area (Å²) in [6.45, 7) is 3.45. The third-order valence-electron chi connectivity index (χ3n) is 2.31. The Morgan fingerprint density at radius 3 is 2.36 bits per heavy atom. The van der Waals surface area contributed by atoms with Gasteiger partial charge in [-0.15, -0.1) is 0 Å². The quantitative estimate of drug-likeness (QED) is 0.568. The Morgan fingerprint density at radius 1 is 1.00 bits per heavy atom. The first kappa shape index (κ1) is 8.98. The van der Waals surface area contributed by atoms with Crippen molar-refractivity contribution in [2.24, 2.45) is 0 Å². The van der Waals surface area contributed by atoms with Gasteiger partial charge in [-0.3, -0.25) is 4.39 Å². The van der Waals surface area contributed by atoms with Crippen LogP contribution in [0.4, 0.5) is 4.39 Å². The zero-order valence-electron chi connectivity index (χ0n) is 7.19. The van der Waals surface area contributed by atoms with Crippen LogP contribution in [0.1, 0.15) is 32.1 Å². The van der Waals surface area contributed by atoms with E-state index in [1.165, 1.54) is 32.4 Å². The molecule has 0 bridgehead atoms. The molecule has 0 atom stereocenters. The van der Waals surface area contributed by atoms with Crippen LogP contribution in [-0.2, 0) is 0 Å². The molecule has 1 saturated heterocycles. The Balaban J connectivity index is 1.96. The standard InChI is InChI=1S/C9H18FN/c10-6-2-5-9-11-7-3-1-4-8-11/h1-9H2. The molecule has 0 N–H and O–H groups in total. The molecule has 11 heavy (non-hydrogen) atoms. The third-order valence-corrected chi connectivity index (χ3v) is 2.31.